The van der Waals surface area contributed by atoms with E-state index in [1.165, 1.54) is 0 Å². The van der Waals surface area contributed by atoms with Crippen LogP contribution in [0.3, 0.4) is 0 Å². The van der Waals surface area contributed by atoms with Gasteiger partial charge in [0, 0.05) is 0 Å². The van der Waals surface area contributed by atoms with Crippen molar-refractivity contribution >= 4 is 5.91 Å². The number of aliphatic hydroxyl groups is 1. The van der Waals surface area contributed by atoms with Crippen molar-refractivity contribution in [2.75, 3.05) is 0 Å². The van der Waals surface area contributed by atoms with Crippen molar-refractivity contribution in [3.63, 3.8) is 0 Å². The van der Waals surface area contributed by atoms with E-state index in [9.17, 15) is 9.90 Å². The molecule has 0 saturated carbocycles. The lowest BCUT2D eigenvalue weighted by atomic mass is 9.74. The molecule has 0 spiro atoms. The molecule has 66 valence electrons. The monoisotopic (exact) mass is 159 g/mol. The van der Waals surface area contributed by atoms with E-state index in [0.717, 1.165) is 0 Å². The van der Waals surface area contributed by atoms with Gasteiger partial charge in [-0.3, -0.25) is 4.79 Å². The molecule has 0 bridgehead atoms. The van der Waals surface area contributed by atoms with Crippen molar-refractivity contribution < 1.29 is 9.90 Å². The van der Waals surface area contributed by atoms with Gasteiger partial charge in [-0.1, -0.05) is 27.7 Å². The Balaban J connectivity index is 4.75. The first-order valence-electron chi connectivity index (χ1n) is 3.78. The van der Waals surface area contributed by atoms with Crippen LogP contribution in [0.25, 0.3) is 0 Å². The van der Waals surface area contributed by atoms with Crippen LogP contribution >= 0.6 is 0 Å². The van der Waals surface area contributed by atoms with Crippen LogP contribution in [0, 0.1) is 5.41 Å². The van der Waals surface area contributed by atoms with Gasteiger partial charge in [0.05, 0.1) is 0 Å². The van der Waals surface area contributed by atoms with E-state index >= 15 is 0 Å². The zero-order chi connectivity index (χ0) is 9.28. The molecule has 3 N–H and O–H groups in total. The summed E-state index contributed by atoms with van der Waals surface area (Å²) in [5, 5.41) is 9.76. The molecule has 0 aromatic heterocycles. The van der Waals surface area contributed by atoms with Crippen molar-refractivity contribution in [1.82, 2.24) is 0 Å². The molecule has 0 aliphatic rings. The second-order valence-corrected chi connectivity index (χ2v) is 3.83. The van der Waals surface area contributed by atoms with Crippen molar-refractivity contribution in [3.05, 3.63) is 0 Å². The van der Waals surface area contributed by atoms with E-state index < -0.39 is 16.9 Å². The van der Waals surface area contributed by atoms with Crippen molar-refractivity contribution in [3.8, 4) is 0 Å². The molecule has 0 aromatic rings. The lowest BCUT2D eigenvalue weighted by molar-refractivity contribution is -0.149. The molecule has 0 rings (SSSR count). The number of nitrogens with two attached hydrogens (primary N) is 1. The predicted molar refractivity (Wildman–Crippen MR) is 43.9 cm³/mol. The van der Waals surface area contributed by atoms with Crippen molar-refractivity contribution in [1.29, 1.82) is 0 Å². The van der Waals surface area contributed by atoms with E-state index in [1.807, 2.05) is 0 Å². The Labute approximate surface area is 67.6 Å². The summed E-state index contributed by atoms with van der Waals surface area (Å²) in [6, 6.07) is 0. The molecule has 0 radical (unpaired) electrons. The van der Waals surface area contributed by atoms with Crippen molar-refractivity contribution in [2.45, 2.75) is 39.7 Å². The number of hydrogen-bond acceptors (Lipinski definition) is 2. The van der Waals surface area contributed by atoms with Gasteiger partial charge >= 0.3 is 0 Å². The second-order valence-electron chi connectivity index (χ2n) is 3.83. The lowest BCUT2D eigenvalue weighted by Gasteiger charge is -2.36. The van der Waals surface area contributed by atoms with E-state index in [0.29, 0.717) is 6.42 Å². The number of hydrogen-bond donors (Lipinski definition) is 2. The normalized spacial score (nSPS) is 17.5. The van der Waals surface area contributed by atoms with E-state index in [4.69, 9.17) is 5.73 Å². The maximum Gasteiger partial charge on any atom is 0.249 e. The van der Waals surface area contributed by atoms with Gasteiger partial charge < -0.3 is 10.8 Å². The summed E-state index contributed by atoms with van der Waals surface area (Å²) in [4.78, 5) is 10.9. The Morgan fingerprint density at radius 3 is 1.82 bits per heavy atom. The maximum atomic E-state index is 10.9. The minimum atomic E-state index is -1.38. The summed E-state index contributed by atoms with van der Waals surface area (Å²) in [5.74, 6) is -0.646. The molecule has 1 atom stereocenters. The fourth-order valence-electron chi connectivity index (χ4n) is 1.07. The Bertz CT molecular complexity index is 160. The van der Waals surface area contributed by atoms with Gasteiger partial charge in [0.1, 0.15) is 5.60 Å². The SMILES string of the molecule is CCC(O)(C(N)=O)C(C)(C)C. The lowest BCUT2D eigenvalue weighted by Crippen LogP contribution is -2.53. The molecule has 0 saturated heterocycles. The molecule has 0 fully saturated rings. The number of carbonyl (C=O) groups is 1. The highest BCUT2D eigenvalue weighted by molar-refractivity contribution is 5.84. The summed E-state index contributed by atoms with van der Waals surface area (Å²) in [5.41, 5.74) is 3.20. The van der Waals surface area contributed by atoms with Gasteiger partial charge in [-0.05, 0) is 11.8 Å². The first kappa shape index (κ1) is 10.4. The van der Waals surface area contributed by atoms with Crippen LogP contribution in [0.15, 0.2) is 0 Å². The summed E-state index contributed by atoms with van der Waals surface area (Å²) < 4.78 is 0. The number of rotatable bonds is 2. The average molecular weight is 159 g/mol. The highest BCUT2D eigenvalue weighted by Gasteiger charge is 2.43. The summed E-state index contributed by atoms with van der Waals surface area (Å²) in [6.07, 6.45) is 0.353. The summed E-state index contributed by atoms with van der Waals surface area (Å²) in [6.45, 7) is 7.12. The summed E-state index contributed by atoms with van der Waals surface area (Å²) in [7, 11) is 0. The molecule has 3 heteroatoms. The third kappa shape index (κ3) is 1.71. The van der Waals surface area contributed by atoms with Crippen LogP contribution in [-0.2, 0) is 4.79 Å². The van der Waals surface area contributed by atoms with E-state index in [2.05, 4.69) is 0 Å². The van der Waals surface area contributed by atoms with Gasteiger partial charge in [0.25, 0.3) is 0 Å². The molecular weight excluding hydrogens is 142 g/mol. The van der Waals surface area contributed by atoms with Crippen LogP contribution in [0.4, 0.5) is 0 Å². The van der Waals surface area contributed by atoms with Crippen LogP contribution in [-0.4, -0.2) is 16.6 Å². The molecule has 0 aliphatic heterocycles. The van der Waals surface area contributed by atoms with Crippen molar-refractivity contribution in [2.24, 2.45) is 11.1 Å². The molecular formula is C8H17NO2. The van der Waals surface area contributed by atoms with Gasteiger partial charge in [0.15, 0.2) is 0 Å². The maximum absolute atomic E-state index is 10.9. The Kier molecular flexibility index (Phi) is 2.67. The molecule has 3 nitrogen and oxygen atoms in total. The minimum Gasteiger partial charge on any atom is -0.379 e. The molecule has 0 aliphatic carbocycles. The van der Waals surface area contributed by atoms with Crippen LogP contribution < -0.4 is 5.73 Å². The first-order chi connectivity index (χ1) is 4.75. The molecule has 1 amide bonds. The zero-order valence-electron chi connectivity index (χ0n) is 7.64. The molecule has 0 heterocycles. The van der Waals surface area contributed by atoms with Crippen LogP contribution in [0.5, 0.6) is 0 Å². The average Bonchev–Trinajstić information content (AvgIpc) is 1.83. The van der Waals surface area contributed by atoms with Gasteiger partial charge in [-0.2, -0.15) is 0 Å². The molecule has 11 heavy (non-hydrogen) atoms. The smallest absolute Gasteiger partial charge is 0.249 e. The third-order valence-electron chi connectivity index (χ3n) is 2.16. The Hall–Kier alpha value is -0.570. The Morgan fingerprint density at radius 1 is 1.45 bits per heavy atom. The largest absolute Gasteiger partial charge is 0.379 e. The fraction of sp³-hybridized carbons (Fsp3) is 0.875. The van der Waals surface area contributed by atoms with Gasteiger partial charge in [-0.25, -0.2) is 0 Å². The standard InChI is InChI=1S/C8H17NO2/c1-5-8(11,6(9)10)7(2,3)4/h11H,5H2,1-4H3,(H2,9,10). The number of carbonyl (C=O) groups excluding carboxylic acids is 1. The highest BCUT2D eigenvalue weighted by Crippen LogP contribution is 2.32. The molecule has 0 aromatic carbocycles. The zero-order valence-corrected chi connectivity index (χ0v) is 7.64. The van der Waals surface area contributed by atoms with Gasteiger partial charge in [0.2, 0.25) is 5.91 Å². The third-order valence-corrected chi connectivity index (χ3v) is 2.16. The summed E-state index contributed by atoms with van der Waals surface area (Å²) >= 11 is 0. The first-order valence-corrected chi connectivity index (χ1v) is 3.78. The minimum absolute atomic E-state index is 0.353. The van der Waals surface area contributed by atoms with Crippen LogP contribution in [0.2, 0.25) is 0 Å². The second kappa shape index (κ2) is 2.81. The fourth-order valence-corrected chi connectivity index (χ4v) is 1.07. The molecule has 1 unspecified atom stereocenters. The quantitative estimate of drug-likeness (QED) is 0.621. The number of amides is 1. The number of primary amides is 1. The highest BCUT2D eigenvalue weighted by atomic mass is 16.3. The predicted octanol–water partition coefficient (Wildman–Crippen LogP) is 0.659. The van der Waals surface area contributed by atoms with Gasteiger partial charge in [-0.15, -0.1) is 0 Å². The van der Waals surface area contributed by atoms with E-state index in [-0.39, 0.29) is 0 Å². The van der Waals surface area contributed by atoms with E-state index in [1.54, 1.807) is 27.7 Å². The Morgan fingerprint density at radius 2 is 1.82 bits per heavy atom. The van der Waals surface area contributed by atoms with Crippen LogP contribution in [0.1, 0.15) is 34.1 Å². The topological polar surface area (TPSA) is 63.3 Å².